The van der Waals surface area contributed by atoms with Crippen molar-refractivity contribution < 1.29 is 4.74 Å². The highest BCUT2D eigenvalue weighted by Crippen LogP contribution is 2.27. The average molecular weight is 282 g/mol. The number of halogens is 1. The average Bonchev–Trinajstić information content (AvgIpc) is 3.22. The van der Waals surface area contributed by atoms with Crippen LogP contribution < -0.4 is 10.2 Å². The van der Waals surface area contributed by atoms with E-state index in [9.17, 15) is 0 Å². The van der Waals surface area contributed by atoms with E-state index in [1.807, 2.05) is 12.3 Å². The molecule has 0 bridgehead atoms. The van der Waals surface area contributed by atoms with Crippen molar-refractivity contribution in [2.75, 3.05) is 24.7 Å². The van der Waals surface area contributed by atoms with E-state index < -0.39 is 0 Å². The lowest BCUT2D eigenvalue weighted by atomic mass is 10.2. The van der Waals surface area contributed by atoms with Gasteiger partial charge in [0.1, 0.15) is 5.82 Å². The van der Waals surface area contributed by atoms with Crippen molar-refractivity contribution in [3.63, 3.8) is 0 Å². The van der Waals surface area contributed by atoms with Crippen molar-refractivity contribution in [1.29, 1.82) is 0 Å². The molecule has 1 aromatic heterocycles. The summed E-state index contributed by atoms with van der Waals surface area (Å²) in [7, 11) is 0. The molecule has 1 aliphatic carbocycles. The summed E-state index contributed by atoms with van der Waals surface area (Å²) in [5, 5.41) is 4.22. The quantitative estimate of drug-likeness (QED) is 0.918. The fourth-order valence-electron chi connectivity index (χ4n) is 2.37. The number of morpholine rings is 1. The minimum Gasteiger partial charge on any atom is -0.377 e. The molecule has 2 heterocycles. The Labute approximate surface area is 119 Å². The third-order valence-electron chi connectivity index (χ3n) is 3.69. The monoisotopic (exact) mass is 281 g/mol. The molecule has 19 heavy (non-hydrogen) atoms. The van der Waals surface area contributed by atoms with Crippen LogP contribution in [0.2, 0.25) is 5.02 Å². The van der Waals surface area contributed by atoms with Crippen molar-refractivity contribution >= 4 is 17.4 Å². The molecule has 1 N–H and O–H groups in total. The van der Waals surface area contributed by atoms with Gasteiger partial charge in [-0.2, -0.15) is 0 Å². The van der Waals surface area contributed by atoms with Crippen molar-refractivity contribution in [2.45, 2.75) is 38.4 Å². The lowest BCUT2D eigenvalue weighted by Gasteiger charge is -2.34. The Morgan fingerprint density at radius 2 is 2.37 bits per heavy atom. The Bertz CT molecular complexity index is 450. The maximum absolute atomic E-state index is 6.39. The second kappa shape index (κ2) is 5.65. The molecule has 104 valence electrons. The second-order valence-corrected chi connectivity index (χ2v) is 5.83. The first-order valence-corrected chi connectivity index (χ1v) is 7.34. The third kappa shape index (κ3) is 3.19. The molecule has 5 heteroatoms. The number of anilines is 1. The number of hydrogen-bond acceptors (Lipinski definition) is 4. The molecule has 0 radical (unpaired) electrons. The Morgan fingerprint density at radius 1 is 1.53 bits per heavy atom. The highest BCUT2D eigenvalue weighted by molar-refractivity contribution is 6.33. The van der Waals surface area contributed by atoms with Gasteiger partial charge in [-0.15, -0.1) is 0 Å². The van der Waals surface area contributed by atoms with Gasteiger partial charge in [-0.3, -0.25) is 0 Å². The molecule has 3 rings (SSSR count). The zero-order chi connectivity index (χ0) is 13.2. The topological polar surface area (TPSA) is 37.4 Å². The standard InChI is InChI=1S/C14H20ClN3O/c1-10-9-19-5-4-18(10)14-13(15)6-11(8-17-14)7-16-12-2-3-12/h6,8,10,12,16H,2-5,7,9H2,1H3. The predicted molar refractivity (Wildman–Crippen MR) is 76.7 cm³/mol. The maximum atomic E-state index is 6.39. The van der Waals surface area contributed by atoms with E-state index in [0.717, 1.165) is 42.7 Å². The summed E-state index contributed by atoms with van der Waals surface area (Å²) in [6.45, 7) is 5.33. The van der Waals surface area contributed by atoms with E-state index in [2.05, 4.69) is 22.1 Å². The molecular weight excluding hydrogens is 262 g/mol. The lowest BCUT2D eigenvalue weighted by Crippen LogP contribution is -2.44. The number of aromatic nitrogens is 1. The van der Waals surface area contributed by atoms with Crippen molar-refractivity contribution in [2.24, 2.45) is 0 Å². The van der Waals surface area contributed by atoms with Crippen molar-refractivity contribution in [1.82, 2.24) is 10.3 Å². The van der Waals surface area contributed by atoms with Crippen molar-refractivity contribution in [3.05, 3.63) is 22.8 Å². The Kier molecular flexibility index (Phi) is 3.91. The van der Waals surface area contributed by atoms with Crippen LogP contribution in [-0.2, 0) is 11.3 Å². The minimum atomic E-state index is 0.328. The summed E-state index contributed by atoms with van der Waals surface area (Å²) in [4.78, 5) is 6.78. The number of nitrogens with zero attached hydrogens (tertiary/aromatic N) is 2. The fraction of sp³-hybridized carbons (Fsp3) is 0.643. The summed E-state index contributed by atoms with van der Waals surface area (Å²) >= 11 is 6.39. The first-order chi connectivity index (χ1) is 9.24. The van der Waals surface area contributed by atoms with E-state index in [1.54, 1.807) is 0 Å². The molecule has 2 fully saturated rings. The molecule has 2 aliphatic rings. The van der Waals surface area contributed by atoms with Crippen LogP contribution in [0.4, 0.5) is 5.82 Å². The molecule has 4 nitrogen and oxygen atoms in total. The molecule has 1 aromatic rings. The van der Waals surface area contributed by atoms with Gasteiger partial charge in [0, 0.05) is 25.3 Å². The maximum Gasteiger partial charge on any atom is 0.147 e. The van der Waals surface area contributed by atoms with Crippen LogP contribution in [-0.4, -0.2) is 36.8 Å². The molecule has 0 spiro atoms. The molecule has 0 aromatic carbocycles. The predicted octanol–water partition coefficient (Wildman–Crippen LogP) is 2.21. The Balaban J connectivity index is 1.70. The largest absolute Gasteiger partial charge is 0.377 e. The van der Waals surface area contributed by atoms with Gasteiger partial charge in [0.05, 0.1) is 24.3 Å². The molecular formula is C14H20ClN3O. The van der Waals surface area contributed by atoms with E-state index in [1.165, 1.54) is 12.8 Å². The highest BCUT2D eigenvalue weighted by Gasteiger charge is 2.23. The van der Waals surface area contributed by atoms with Crippen LogP contribution in [0.1, 0.15) is 25.3 Å². The summed E-state index contributed by atoms with van der Waals surface area (Å²) in [6.07, 6.45) is 4.52. The van der Waals surface area contributed by atoms with Gasteiger partial charge < -0.3 is 15.0 Å². The lowest BCUT2D eigenvalue weighted by molar-refractivity contribution is 0.0985. The molecule has 1 atom stereocenters. The van der Waals surface area contributed by atoms with Gasteiger partial charge in [-0.05, 0) is 31.4 Å². The van der Waals surface area contributed by atoms with Gasteiger partial charge in [-0.1, -0.05) is 11.6 Å². The van der Waals surface area contributed by atoms with E-state index in [4.69, 9.17) is 16.3 Å². The van der Waals surface area contributed by atoms with Crippen molar-refractivity contribution in [3.8, 4) is 0 Å². The fourth-order valence-corrected chi connectivity index (χ4v) is 2.67. The normalized spacial score (nSPS) is 23.7. The summed E-state index contributed by atoms with van der Waals surface area (Å²) < 4.78 is 5.45. The first kappa shape index (κ1) is 13.2. The molecule has 1 saturated heterocycles. The molecule has 1 aliphatic heterocycles. The SMILES string of the molecule is CC1COCCN1c1ncc(CNC2CC2)cc1Cl. The second-order valence-electron chi connectivity index (χ2n) is 5.42. The number of rotatable bonds is 4. The number of nitrogens with one attached hydrogen (secondary N) is 1. The van der Waals surface area contributed by atoms with Crippen LogP contribution in [0.15, 0.2) is 12.3 Å². The van der Waals surface area contributed by atoms with Gasteiger partial charge in [-0.25, -0.2) is 4.98 Å². The number of hydrogen-bond donors (Lipinski definition) is 1. The Morgan fingerprint density at radius 3 is 3.05 bits per heavy atom. The van der Waals surface area contributed by atoms with Crippen LogP contribution in [0.3, 0.4) is 0 Å². The van der Waals surface area contributed by atoms with Crippen LogP contribution in [0, 0.1) is 0 Å². The van der Waals surface area contributed by atoms with Crippen LogP contribution in [0.25, 0.3) is 0 Å². The van der Waals surface area contributed by atoms with Gasteiger partial charge >= 0.3 is 0 Å². The zero-order valence-electron chi connectivity index (χ0n) is 11.2. The van der Waals surface area contributed by atoms with Gasteiger partial charge in [0.2, 0.25) is 0 Å². The highest BCUT2D eigenvalue weighted by atomic mass is 35.5. The molecule has 0 amide bonds. The Hall–Kier alpha value is -0.840. The third-order valence-corrected chi connectivity index (χ3v) is 3.97. The zero-order valence-corrected chi connectivity index (χ0v) is 12.0. The van der Waals surface area contributed by atoms with E-state index in [0.29, 0.717) is 12.1 Å². The molecule has 1 saturated carbocycles. The number of pyridine rings is 1. The van der Waals surface area contributed by atoms with Gasteiger partial charge in [0.15, 0.2) is 0 Å². The summed E-state index contributed by atoms with van der Waals surface area (Å²) in [5.41, 5.74) is 1.15. The van der Waals surface area contributed by atoms with Crippen LogP contribution >= 0.6 is 11.6 Å². The smallest absolute Gasteiger partial charge is 0.147 e. The minimum absolute atomic E-state index is 0.328. The van der Waals surface area contributed by atoms with Crippen LogP contribution in [0.5, 0.6) is 0 Å². The number of ether oxygens (including phenoxy) is 1. The van der Waals surface area contributed by atoms with Gasteiger partial charge in [0.25, 0.3) is 0 Å². The van der Waals surface area contributed by atoms with E-state index in [-0.39, 0.29) is 0 Å². The molecule has 1 unspecified atom stereocenters. The summed E-state index contributed by atoms with van der Waals surface area (Å²) in [5.74, 6) is 0.882. The van der Waals surface area contributed by atoms with E-state index >= 15 is 0 Å². The summed E-state index contributed by atoms with van der Waals surface area (Å²) in [6, 6.07) is 3.06. The first-order valence-electron chi connectivity index (χ1n) is 6.96.